The van der Waals surface area contributed by atoms with Gasteiger partial charge in [-0.3, -0.25) is 4.79 Å². The Morgan fingerprint density at radius 2 is 1.85 bits per heavy atom. The second-order valence-corrected chi connectivity index (χ2v) is 8.00. The van der Waals surface area contributed by atoms with Gasteiger partial charge >= 0.3 is 0 Å². The smallest absolute Gasteiger partial charge is 0.230 e. The molecule has 0 spiro atoms. The van der Waals surface area contributed by atoms with Crippen molar-refractivity contribution in [3.05, 3.63) is 64.7 Å². The topological polar surface area (TPSA) is 38.3 Å². The fourth-order valence-electron chi connectivity index (χ4n) is 2.69. The first-order valence-corrected chi connectivity index (χ1v) is 10.3. The van der Waals surface area contributed by atoms with Crippen LogP contribution in [0, 0.1) is 5.92 Å². The lowest BCUT2D eigenvalue weighted by Crippen LogP contribution is -2.30. The van der Waals surface area contributed by atoms with E-state index in [1.807, 2.05) is 48.5 Å². The maximum Gasteiger partial charge on any atom is 0.230 e. The van der Waals surface area contributed by atoms with Gasteiger partial charge in [-0.1, -0.05) is 55.8 Å². The number of nitrogens with one attached hydrogen (secondary N) is 1. The van der Waals surface area contributed by atoms with Gasteiger partial charge in [0.25, 0.3) is 0 Å². The summed E-state index contributed by atoms with van der Waals surface area (Å²) in [6, 6.07) is 15.6. The Hall–Kier alpha value is -1.65. The van der Waals surface area contributed by atoms with E-state index in [1.165, 1.54) is 0 Å². The Labute approximate surface area is 165 Å². The van der Waals surface area contributed by atoms with E-state index in [2.05, 4.69) is 19.2 Å². The van der Waals surface area contributed by atoms with Crippen LogP contribution in [-0.2, 0) is 10.5 Å². The third kappa shape index (κ3) is 6.58. The molecule has 2 aromatic rings. The van der Waals surface area contributed by atoms with Gasteiger partial charge in [0.1, 0.15) is 5.75 Å². The van der Waals surface area contributed by atoms with Crippen molar-refractivity contribution in [2.75, 3.05) is 12.9 Å². The molecule has 1 N–H and O–H groups in total. The van der Waals surface area contributed by atoms with Crippen molar-refractivity contribution >= 4 is 29.3 Å². The van der Waals surface area contributed by atoms with Gasteiger partial charge in [-0.25, -0.2) is 0 Å². The predicted molar refractivity (Wildman–Crippen MR) is 111 cm³/mol. The molecule has 2 aromatic carbocycles. The van der Waals surface area contributed by atoms with E-state index in [9.17, 15) is 4.79 Å². The van der Waals surface area contributed by atoms with Gasteiger partial charge in [0.15, 0.2) is 0 Å². The number of ether oxygens (including phenoxy) is 1. The number of benzene rings is 2. The van der Waals surface area contributed by atoms with Crippen molar-refractivity contribution in [3.63, 3.8) is 0 Å². The van der Waals surface area contributed by atoms with Gasteiger partial charge in [0, 0.05) is 10.8 Å². The van der Waals surface area contributed by atoms with Crippen molar-refractivity contribution < 1.29 is 9.53 Å². The molecular weight excluding hydrogens is 366 g/mol. The molecule has 140 valence electrons. The summed E-state index contributed by atoms with van der Waals surface area (Å²) in [6.07, 6.45) is 0.896. The second-order valence-electron chi connectivity index (χ2n) is 6.61. The zero-order valence-electron chi connectivity index (χ0n) is 15.5. The SMILES string of the molecule is COc1ccc([C@@H](CC(C)C)NC(=O)CSCc2ccccc2Cl)cc1. The van der Waals surface area contributed by atoms with E-state index in [1.54, 1.807) is 18.9 Å². The number of methoxy groups -OCH3 is 1. The Morgan fingerprint density at radius 3 is 2.46 bits per heavy atom. The lowest BCUT2D eigenvalue weighted by Gasteiger charge is -2.21. The molecule has 0 aliphatic rings. The van der Waals surface area contributed by atoms with Crippen molar-refractivity contribution in [3.8, 4) is 5.75 Å². The second kappa shape index (κ2) is 10.5. The van der Waals surface area contributed by atoms with E-state index in [0.29, 0.717) is 11.7 Å². The maximum absolute atomic E-state index is 12.4. The van der Waals surface area contributed by atoms with Gasteiger partial charge in [0.05, 0.1) is 18.9 Å². The van der Waals surface area contributed by atoms with E-state index in [4.69, 9.17) is 16.3 Å². The first-order valence-electron chi connectivity index (χ1n) is 8.74. The highest BCUT2D eigenvalue weighted by molar-refractivity contribution is 7.99. The number of hydrogen-bond acceptors (Lipinski definition) is 3. The van der Waals surface area contributed by atoms with Crippen LogP contribution < -0.4 is 10.1 Å². The fraction of sp³-hybridized carbons (Fsp3) is 0.381. The molecule has 1 atom stereocenters. The van der Waals surface area contributed by atoms with Crippen LogP contribution in [0.15, 0.2) is 48.5 Å². The zero-order valence-corrected chi connectivity index (χ0v) is 17.1. The summed E-state index contributed by atoms with van der Waals surface area (Å²) in [5.74, 6) is 2.49. The number of carbonyl (C=O) groups is 1. The van der Waals surface area contributed by atoms with Gasteiger partial charge in [-0.2, -0.15) is 0 Å². The molecule has 0 radical (unpaired) electrons. The minimum absolute atomic E-state index is 0.00863. The van der Waals surface area contributed by atoms with Crippen molar-refractivity contribution in [2.24, 2.45) is 5.92 Å². The number of hydrogen-bond donors (Lipinski definition) is 1. The molecule has 0 fully saturated rings. The van der Waals surface area contributed by atoms with Crippen molar-refractivity contribution in [2.45, 2.75) is 32.1 Å². The first-order chi connectivity index (χ1) is 12.5. The molecule has 0 saturated heterocycles. The van der Waals surface area contributed by atoms with Gasteiger partial charge in [0.2, 0.25) is 5.91 Å². The van der Waals surface area contributed by atoms with Crippen LogP contribution in [0.1, 0.15) is 37.4 Å². The molecule has 26 heavy (non-hydrogen) atoms. The van der Waals surface area contributed by atoms with Crippen LogP contribution in [0.5, 0.6) is 5.75 Å². The average molecular weight is 392 g/mol. The first kappa shape index (κ1) is 20.7. The normalized spacial score (nSPS) is 12.0. The monoisotopic (exact) mass is 391 g/mol. The minimum atomic E-state index is 0.00863. The maximum atomic E-state index is 12.4. The molecule has 2 rings (SSSR count). The Bertz CT molecular complexity index is 703. The Morgan fingerprint density at radius 1 is 1.15 bits per heavy atom. The summed E-state index contributed by atoms with van der Waals surface area (Å²) in [6.45, 7) is 4.32. The lowest BCUT2D eigenvalue weighted by molar-refractivity contribution is -0.119. The Kier molecular flexibility index (Phi) is 8.33. The van der Waals surface area contributed by atoms with Gasteiger partial charge in [-0.15, -0.1) is 11.8 Å². The standard InChI is InChI=1S/C21H26ClNO2S/c1-15(2)12-20(16-8-10-18(25-3)11-9-16)23-21(24)14-26-13-17-6-4-5-7-19(17)22/h4-11,15,20H,12-14H2,1-3H3,(H,23,24)/t20-/m1/s1. The third-order valence-electron chi connectivity index (χ3n) is 4.01. The summed E-state index contributed by atoms with van der Waals surface area (Å²) in [7, 11) is 1.65. The van der Waals surface area contributed by atoms with Gasteiger partial charge < -0.3 is 10.1 Å². The summed E-state index contributed by atoms with van der Waals surface area (Å²) < 4.78 is 5.21. The largest absolute Gasteiger partial charge is 0.497 e. The average Bonchev–Trinajstić information content (AvgIpc) is 2.62. The van der Waals surface area contributed by atoms with Crippen LogP contribution in [0.3, 0.4) is 0 Å². The van der Waals surface area contributed by atoms with E-state index in [-0.39, 0.29) is 11.9 Å². The third-order valence-corrected chi connectivity index (χ3v) is 5.36. The molecular formula is C21H26ClNO2S. The molecule has 3 nitrogen and oxygen atoms in total. The highest BCUT2D eigenvalue weighted by atomic mass is 35.5. The number of carbonyl (C=O) groups excluding carboxylic acids is 1. The lowest BCUT2D eigenvalue weighted by atomic mass is 9.97. The highest BCUT2D eigenvalue weighted by Gasteiger charge is 2.16. The summed E-state index contributed by atoms with van der Waals surface area (Å²) in [5, 5.41) is 3.92. The molecule has 0 saturated carbocycles. The number of thioether (sulfide) groups is 1. The van der Waals surface area contributed by atoms with Gasteiger partial charge in [-0.05, 0) is 41.7 Å². The van der Waals surface area contributed by atoms with E-state index >= 15 is 0 Å². The fourth-order valence-corrected chi connectivity index (χ4v) is 3.82. The van der Waals surface area contributed by atoms with Crippen molar-refractivity contribution in [1.82, 2.24) is 5.32 Å². The molecule has 0 heterocycles. The zero-order chi connectivity index (χ0) is 18.9. The highest BCUT2D eigenvalue weighted by Crippen LogP contribution is 2.24. The van der Waals surface area contributed by atoms with Crippen LogP contribution in [0.2, 0.25) is 5.02 Å². The predicted octanol–water partition coefficient (Wildman–Crippen LogP) is 5.49. The molecule has 0 aliphatic carbocycles. The molecule has 0 aliphatic heterocycles. The van der Waals surface area contributed by atoms with Crippen LogP contribution in [-0.4, -0.2) is 18.8 Å². The molecule has 0 unspecified atom stereocenters. The summed E-state index contributed by atoms with van der Waals surface area (Å²) in [4.78, 5) is 12.4. The molecule has 5 heteroatoms. The Balaban J connectivity index is 1.92. The number of rotatable bonds is 9. The van der Waals surface area contributed by atoms with E-state index < -0.39 is 0 Å². The summed E-state index contributed by atoms with van der Waals surface area (Å²) in [5.41, 5.74) is 2.16. The minimum Gasteiger partial charge on any atom is -0.497 e. The van der Waals surface area contributed by atoms with Crippen LogP contribution >= 0.6 is 23.4 Å². The number of halogens is 1. The summed E-state index contributed by atoms with van der Waals surface area (Å²) >= 11 is 7.74. The quantitative estimate of drug-likeness (QED) is 0.614. The molecule has 0 aromatic heterocycles. The molecule has 1 amide bonds. The van der Waals surface area contributed by atoms with Crippen LogP contribution in [0.25, 0.3) is 0 Å². The molecule has 0 bridgehead atoms. The van der Waals surface area contributed by atoms with Crippen LogP contribution in [0.4, 0.5) is 0 Å². The number of amides is 1. The van der Waals surface area contributed by atoms with Crippen molar-refractivity contribution in [1.29, 1.82) is 0 Å². The van der Waals surface area contributed by atoms with E-state index in [0.717, 1.165) is 34.1 Å².